The highest BCUT2D eigenvalue weighted by Gasteiger charge is 1.95. The summed E-state index contributed by atoms with van der Waals surface area (Å²) in [4.78, 5) is 0. The minimum atomic E-state index is 1.36. The van der Waals surface area contributed by atoms with E-state index in [2.05, 4.69) is 20.3 Å². The fourth-order valence-corrected chi connectivity index (χ4v) is 3.17. The summed E-state index contributed by atoms with van der Waals surface area (Å²) >= 11 is 0. The maximum Gasteiger partial charge on any atom is -0.0386 e. The third-order valence-electron chi connectivity index (χ3n) is 4.77. The highest BCUT2D eigenvalue weighted by Crippen LogP contribution is 2.14. The van der Waals surface area contributed by atoms with Gasteiger partial charge in [0.15, 0.2) is 0 Å². The van der Waals surface area contributed by atoms with Crippen LogP contribution >= 0.6 is 0 Å². The van der Waals surface area contributed by atoms with E-state index < -0.39 is 0 Å². The first-order valence-electron chi connectivity index (χ1n) is 10.7. The Morgan fingerprint density at radius 1 is 0.364 bits per heavy atom. The molecule has 0 saturated heterocycles. The summed E-state index contributed by atoms with van der Waals surface area (Å²) in [5.74, 6) is 0. The number of hydrogen-bond donors (Lipinski definition) is 0. The van der Waals surface area contributed by atoms with E-state index in [-0.39, 0.29) is 0 Å². The van der Waals surface area contributed by atoms with Gasteiger partial charge in [0, 0.05) is 0 Å². The van der Waals surface area contributed by atoms with Crippen molar-refractivity contribution in [3.05, 3.63) is 6.42 Å². The molecule has 0 atom stereocenters. The number of unbranched alkanes of at least 4 members (excludes halogenated alkanes) is 19. The molecule has 0 aromatic heterocycles. The van der Waals surface area contributed by atoms with Gasteiger partial charge < -0.3 is 0 Å². The van der Waals surface area contributed by atoms with Gasteiger partial charge in [-0.15, -0.1) is 0 Å². The van der Waals surface area contributed by atoms with E-state index in [9.17, 15) is 0 Å². The Balaban J connectivity index is 2.91. The molecule has 22 heavy (non-hydrogen) atoms. The van der Waals surface area contributed by atoms with Crippen LogP contribution in [0.2, 0.25) is 0 Å². The lowest BCUT2D eigenvalue weighted by Gasteiger charge is -2.03. The molecule has 0 bridgehead atoms. The van der Waals surface area contributed by atoms with E-state index in [1.165, 1.54) is 122 Å². The molecule has 0 aliphatic rings. The molecule has 0 rings (SSSR count). The molecular weight excluding hydrogens is 264 g/mol. The molecule has 1 radical (unpaired) electrons. The molecule has 133 valence electrons. The van der Waals surface area contributed by atoms with Gasteiger partial charge in [0.1, 0.15) is 0 Å². The minimum absolute atomic E-state index is 1.36. The van der Waals surface area contributed by atoms with E-state index in [1.807, 2.05) is 0 Å². The third kappa shape index (κ3) is 20.0. The lowest BCUT2D eigenvalue weighted by Crippen LogP contribution is -1.84. The smallest absolute Gasteiger partial charge is 0.0386 e. The van der Waals surface area contributed by atoms with E-state index in [0.29, 0.717) is 0 Å². The van der Waals surface area contributed by atoms with Crippen molar-refractivity contribution in [2.45, 2.75) is 136 Å². The predicted octanol–water partition coefficient (Wildman–Crippen LogP) is 8.64. The maximum absolute atomic E-state index is 2.55. The molecule has 0 spiro atoms. The molecule has 0 fully saturated rings. The van der Waals surface area contributed by atoms with Crippen molar-refractivity contribution in [2.75, 3.05) is 0 Å². The van der Waals surface area contributed by atoms with Crippen molar-refractivity contribution >= 4 is 0 Å². The van der Waals surface area contributed by atoms with Crippen LogP contribution in [0.15, 0.2) is 0 Å². The largest absolute Gasteiger partial charge is 0.0654 e. The quantitative estimate of drug-likeness (QED) is 0.209. The first-order chi connectivity index (χ1) is 10.9. The fraction of sp³-hybridized carbons (Fsp3) is 0.955. The average molecular weight is 310 g/mol. The van der Waals surface area contributed by atoms with Crippen LogP contribution in [0.4, 0.5) is 0 Å². The normalized spacial score (nSPS) is 11.2. The van der Waals surface area contributed by atoms with Crippen molar-refractivity contribution in [3.63, 3.8) is 0 Å². The van der Waals surface area contributed by atoms with Crippen LogP contribution in [-0.2, 0) is 0 Å². The van der Waals surface area contributed by atoms with E-state index in [0.717, 1.165) is 0 Å². The van der Waals surface area contributed by atoms with Crippen LogP contribution in [0.25, 0.3) is 0 Å². The first-order valence-corrected chi connectivity index (χ1v) is 10.7. The Labute approximate surface area is 142 Å². The van der Waals surface area contributed by atoms with Crippen LogP contribution in [-0.4, -0.2) is 0 Å². The SMILES string of the molecule is CCCCCCCC[CH]CCCCCCCCCCCCC. The summed E-state index contributed by atoms with van der Waals surface area (Å²) in [5.41, 5.74) is 0. The van der Waals surface area contributed by atoms with Gasteiger partial charge in [-0.05, 0) is 6.42 Å². The van der Waals surface area contributed by atoms with Gasteiger partial charge in [-0.1, -0.05) is 136 Å². The maximum atomic E-state index is 2.55. The van der Waals surface area contributed by atoms with Gasteiger partial charge in [0.2, 0.25) is 0 Å². The molecule has 0 aliphatic heterocycles. The zero-order valence-electron chi connectivity index (χ0n) is 16.0. The molecule has 0 aromatic carbocycles. The summed E-state index contributed by atoms with van der Waals surface area (Å²) in [6.07, 6.45) is 29.9. The highest BCUT2D eigenvalue weighted by molar-refractivity contribution is 4.64. The van der Waals surface area contributed by atoms with Crippen molar-refractivity contribution in [1.29, 1.82) is 0 Å². The van der Waals surface area contributed by atoms with Gasteiger partial charge in [0.25, 0.3) is 0 Å². The zero-order valence-corrected chi connectivity index (χ0v) is 16.0. The number of hydrogen-bond acceptors (Lipinski definition) is 0. The molecular formula is C22H45. The van der Waals surface area contributed by atoms with Gasteiger partial charge in [-0.2, -0.15) is 0 Å². The van der Waals surface area contributed by atoms with Gasteiger partial charge >= 0.3 is 0 Å². The van der Waals surface area contributed by atoms with Crippen molar-refractivity contribution in [3.8, 4) is 0 Å². The summed E-state index contributed by atoms with van der Waals surface area (Å²) in [7, 11) is 0. The van der Waals surface area contributed by atoms with E-state index >= 15 is 0 Å². The minimum Gasteiger partial charge on any atom is -0.0654 e. The monoisotopic (exact) mass is 309 g/mol. The zero-order chi connectivity index (χ0) is 16.1. The van der Waals surface area contributed by atoms with Gasteiger partial charge in [-0.25, -0.2) is 0 Å². The summed E-state index contributed by atoms with van der Waals surface area (Å²) in [6.45, 7) is 4.59. The molecule has 0 heterocycles. The molecule has 0 aromatic rings. The van der Waals surface area contributed by atoms with Crippen LogP contribution in [0.5, 0.6) is 0 Å². The molecule has 0 amide bonds. The molecule has 0 nitrogen and oxygen atoms in total. The Morgan fingerprint density at radius 3 is 0.955 bits per heavy atom. The van der Waals surface area contributed by atoms with Gasteiger partial charge in [-0.3, -0.25) is 0 Å². The van der Waals surface area contributed by atoms with Crippen molar-refractivity contribution < 1.29 is 0 Å². The highest BCUT2D eigenvalue weighted by atomic mass is 14.0. The molecule has 0 N–H and O–H groups in total. The topological polar surface area (TPSA) is 0 Å². The Morgan fingerprint density at radius 2 is 0.636 bits per heavy atom. The lowest BCUT2D eigenvalue weighted by molar-refractivity contribution is 0.545. The van der Waals surface area contributed by atoms with E-state index in [4.69, 9.17) is 0 Å². The van der Waals surface area contributed by atoms with E-state index in [1.54, 1.807) is 0 Å². The summed E-state index contributed by atoms with van der Waals surface area (Å²) in [6, 6.07) is 0. The standard InChI is InChI=1S/C22H45/c1-3-5-7-9-11-13-15-17-19-21-22-20-18-16-14-12-10-8-6-4-2/h17H,3-16,18-22H2,1-2H3. The Kier molecular flexibility index (Phi) is 21.0. The first kappa shape index (κ1) is 22.0. The summed E-state index contributed by atoms with van der Waals surface area (Å²) in [5, 5.41) is 0. The second-order valence-corrected chi connectivity index (χ2v) is 7.17. The molecule has 0 unspecified atom stereocenters. The second kappa shape index (κ2) is 21.0. The Hall–Kier alpha value is 0. The summed E-state index contributed by atoms with van der Waals surface area (Å²) < 4.78 is 0. The van der Waals surface area contributed by atoms with Crippen molar-refractivity contribution in [2.24, 2.45) is 0 Å². The van der Waals surface area contributed by atoms with Crippen LogP contribution in [0.1, 0.15) is 136 Å². The predicted molar refractivity (Wildman–Crippen MR) is 103 cm³/mol. The van der Waals surface area contributed by atoms with Crippen LogP contribution < -0.4 is 0 Å². The van der Waals surface area contributed by atoms with Crippen molar-refractivity contribution in [1.82, 2.24) is 0 Å². The average Bonchev–Trinajstić information content (AvgIpc) is 2.54. The Bertz CT molecular complexity index is 153. The van der Waals surface area contributed by atoms with Gasteiger partial charge in [0.05, 0.1) is 0 Å². The lowest BCUT2D eigenvalue weighted by atomic mass is 10.0. The van der Waals surface area contributed by atoms with Crippen LogP contribution in [0, 0.1) is 6.42 Å². The molecule has 0 heteroatoms. The van der Waals surface area contributed by atoms with Crippen LogP contribution in [0.3, 0.4) is 0 Å². The molecule has 0 aliphatic carbocycles. The second-order valence-electron chi connectivity index (χ2n) is 7.17. The molecule has 0 saturated carbocycles. The number of rotatable bonds is 19. The third-order valence-corrected chi connectivity index (χ3v) is 4.77. The fourth-order valence-electron chi connectivity index (χ4n) is 3.17.